The summed E-state index contributed by atoms with van der Waals surface area (Å²) in [6.07, 6.45) is 7.87. The Morgan fingerprint density at radius 1 is 1.48 bits per heavy atom. The number of carbonyl (C=O) groups excluding carboxylic acids is 1. The first-order chi connectivity index (χ1) is 10.0. The molecule has 1 saturated heterocycles. The van der Waals surface area contributed by atoms with Gasteiger partial charge in [0.1, 0.15) is 5.41 Å². The minimum Gasteiger partial charge on any atom is -0.481 e. The van der Waals surface area contributed by atoms with E-state index in [1.807, 2.05) is 0 Å². The fourth-order valence-corrected chi connectivity index (χ4v) is 2.76. The highest BCUT2D eigenvalue weighted by molar-refractivity contribution is 5.79. The molecule has 0 saturated carbocycles. The largest absolute Gasteiger partial charge is 0.481 e. The number of amides is 2. The Bertz CT molecular complexity index is 435. The van der Waals surface area contributed by atoms with E-state index in [2.05, 4.69) is 16.7 Å². The molecule has 2 rings (SSSR count). The zero-order valence-corrected chi connectivity index (χ0v) is 12.5. The number of allylic oxidation sites excluding steroid dienone is 1. The maximum atomic E-state index is 11.9. The summed E-state index contributed by atoms with van der Waals surface area (Å²) < 4.78 is 5.20. The van der Waals surface area contributed by atoms with Crippen LogP contribution in [0.1, 0.15) is 39.0 Å². The number of nitrogens with one attached hydrogen (secondary N) is 2. The van der Waals surface area contributed by atoms with Crippen LogP contribution in [-0.4, -0.2) is 42.9 Å². The smallest absolute Gasteiger partial charge is 0.315 e. The van der Waals surface area contributed by atoms with Crippen LogP contribution in [0.15, 0.2) is 11.6 Å². The monoisotopic (exact) mass is 296 g/mol. The van der Waals surface area contributed by atoms with Gasteiger partial charge in [0.2, 0.25) is 0 Å². The second kappa shape index (κ2) is 6.93. The molecule has 0 aromatic carbocycles. The van der Waals surface area contributed by atoms with Crippen LogP contribution < -0.4 is 10.6 Å². The first-order valence-electron chi connectivity index (χ1n) is 7.56. The van der Waals surface area contributed by atoms with Gasteiger partial charge >= 0.3 is 12.0 Å². The molecular weight excluding hydrogens is 272 g/mol. The summed E-state index contributed by atoms with van der Waals surface area (Å²) in [5.41, 5.74) is 0.351. The van der Waals surface area contributed by atoms with Crippen LogP contribution >= 0.6 is 0 Å². The number of urea groups is 1. The van der Waals surface area contributed by atoms with Crippen LogP contribution in [0.2, 0.25) is 0 Å². The lowest BCUT2D eigenvalue weighted by atomic mass is 9.85. The van der Waals surface area contributed by atoms with Crippen LogP contribution in [0.4, 0.5) is 4.79 Å². The van der Waals surface area contributed by atoms with Gasteiger partial charge in [-0.25, -0.2) is 4.79 Å². The van der Waals surface area contributed by atoms with E-state index in [1.165, 1.54) is 18.4 Å². The van der Waals surface area contributed by atoms with E-state index in [1.54, 1.807) is 6.92 Å². The second-order valence-corrected chi connectivity index (χ2v) is 6.05. The van der Waals surface area contributed by atoms with Crippen LogP contribution in [0.25, 0.3) is 0 Å². The van der Waals surface area contributed by atoms with Crippen molar-refractivity contribution >= 4 is 12.0 Å². The topological polar surface area (TPSA) is 87.7 Å². The SMILES string of the molecule is CC1(C(=O)O)COCC1NC(=O)NCCC1=CCCCC1. The van der Waals surface area contributed by atoms with Crippen molar-refractivity contribution in [1.29, 1.82) is 0 Å². The van der Waals surface area contributed by atoms with Crippen molar-refractivity contribution in [3.05, 3.63) is 11.6 Å². The molecule has 0 bridgehead atoms. The van der Waals surface area contributed by atoms with Gasteiger partial charge in [-0.1, -0.05) is 11.6 Å². The molecule has 2 atom stereocenters. The molecule has 2 aliphatic rings. The van der Waals surface area contributed by atoms with E-state index in [4.69, 9.17) is 4.74 Å². The molecule has 6 nitrogen and oxygen atoms in total. The number of hydrogen-bond donors (Lipinski definition) is 3. The third-order valence-electron chi connectivity index (χ3n) is 4.37. The maximum Gasteiger partial charge on any atom is 0.315 e. The van der Waals surface area contributed by atoms with Crippen molar-refractivity contribution in [3.8, 4) is 0 Å². The highest BCUT2D eigenvalue weighted by Crippen LogP contribution is 2.28. The van der Waals surface area contributed by atoms with Gasteiger partial charge in [0.25, 0.3) is 0 Å². The van der Waals surface area contributed by atoms with Gasteiger partial charge < -0.3 is 20.5 Å². The highest BCUT2D eigenvalue weighted by Gasteiger charge is 2.47. The summed E-state index contributed by atoms with van der Waals surface area (Å²) in [5, 5.41) is 14.8. The van der Waals surface area contributed by atoms with E-state index in [-0.39, 0.29) is 19.2 Å². The molecule has 0 aromatic rings. The normalized spacial score (nSPS) is 28.8. The molecule has 2 unspecified atom stereocenters. The first kappa shape index (κ1) is 15.8. The molecule has 3 N–H and O–H groups in total. The van der Waals surface area contributed by atoms with Gasteiger partial charge in [0.05, 0.1) is 19.3 Å². The average molecular weight is 296 g/mol. The molecule has 6 heteroatoms. The van der Waals surface area contributed by atoms with Crippen LogP contribution in [0.3, 0.4) is 0 Å². The highest BCUT2D eigenvalue weighted by atomic mass is 16.5. The van der Waals surface area contributed by atoms with Crippen LogP contribution in [0, 0.1) is 5.41 Å². The molecule has 1 aliphatic carbocycles. The Balaban J connectivity index is 1.74. The molecule has 0 spiro atoms. The number of carbonyl (C=O) groups is 2. The van der Waals surface area contributed by atoms with Gasteiger partial charge in [-0.3, -0.25) is 4.79 Å². The predicted molar refractivity (Wildman–Crippen MR) is 78.1 cm³/mol. The quantitative estimate of drug-likeness (QED) is 0.673. The number of carboxylic acids is 1. The maximum absolute atomic E-state index is 11.9. The lowest BCUT2D eigenvalue weighted by Gasteiger charge is -2.25. The third-order valence-corrected chi connectivity index (χ3v) is 4.37. The van der Waals surface area contributed by atoms with E-state index < -0.39 is 17.4 Å². The van der Waals surface area contributed by atoms with Crippen molar-refractivity contribution in [2.45, 2.75) is 45.1 Å². The molecule has 0 aromatic heterocycles. The Hall–Kier alpha value is -1.56. The Morgan fingerprint density at radius 3 is 2.95 bits per heavy atom. The van der Waals surface area contributed by atoms with Crippen molar-refractivity contribution in [1.82, 2.24) is 10.6 Å². The summed E-state index contributed by atoms with van der Waals surface area (Å²) in [6, 6.07) is -0.821. The predicted octanol–water partition coefficient (Wildman–Crippen LogP) is 1.67. The Morgan fingerprint density at radius 2 is 2.29 bits per heavy atom. The Labute approximate surface area is 124 Å². The lowest BCUT2D eigenvalue weighted by Crippen LogP contribution is -2.52. The summed E-state index contributed by atoms with van der Waals surface area (Å²) in [7, 11) is 0. The molecule has 1 aliphatic heterocycles. The number of ether oxygens (including phenoxy) is 1. The van der Waals surface area contributed by atoms with Gasteiger partial charge in [0.15, 0.2) is 0 Å². The van der Waals surface area contributed by atoms with Crippen molar-refractivity contribution in [2.75, 3.05) is 19.8 Å². The van der Waals surface area contributed by atoms with Gasteiger partial charge in [-0.05, 0) is 39.0 Å². The summed E-state index contributed by atoms with van der Waals surface area (Å²) in [6.45, 7) is 2.54. The van der Waals surface area contributed by atoms with Crippen LogP contribution in [-0.2, 0) is 9.53 Å². The average Bonchev–Trinajstić information content (AvgIpc) is 2.83. The molecule has 1 heterocycles. The first-order valence-corrected chi connectivity index (χ1v) is 7.56. The fourth-order valence-electron chi connectivity index (χ4n) is 2.76. The minimum absolute atomic E-state index is 0.125. The zero-order chi connectivity index (χ0) is 15.3. The van der Waals surface area contributed by atoms with E-state index in [0.29, 0.717) is 6.54 Å². The molecular formula is C15H24N2O4. The Kier molecular flexibility index (Phi) is 5.22. The number of rotatable bonds is 5. The van der Waals surface area contributed by atoms with Crippen molar-refractivity contribution in [2.24, 2.45) is 5.41 Å². The van der Waals surface area contributed by atoms with E-state index >= 15 is 0 Å². The van der Waals surface area contributed by atoms with E-state index in [0.717, 1.165) is 19.3 Å². The molecule has 118 valence electrons. The van der Waals surface area contributed by atoms with E-state index in [9.17, 15) is 14.7 Å². The second-order valence-electron chi connectivity index (χ2n) is 6.05. The lowest BCUT2D eigenvalue weighted by molar-refractivity contribution is -0.148. The minimum atomic E-state index is -1.05. The summed E-state index contributed by atoms with van der Waals surface area (Å²) in [5.74, 6) is -0.947. The fraction of sp³-hybridized carbons (Fsp3) is 0.733. The molecule has 0 radical (unpaired) electrons. The summed E-state index contributed by atoms with van der Waals surface area (Å²) in [4.78, 5) is 23.1. The van der Waals surface area contributed by atoms with Gasteiger partial charge in [-0.15, -0.1) is 0 Å². The van der Waals surface area contributed by atoms with Crippen molar-refractivity contribution in [3.63, 3.8) is 0 Å². The standard InChI is InChI=1S/C15H24N2O4/c1-15(13(18)19)10-21-9-12(15)17-14(20)16-8-7-11-5-3-2-4-6-11/h5,12H,2-4,6-10H2,1H3,(H,18,19)(H2,16,17,20). The van der Waals surface area contributed by atoms with Crippen molar-refractivity contribution < 1.29 is 19.4 Å². The summed E-state index contributed by atoms with van der Waals surface area (Å²) >= 11 is 0. The van der Waals surface area contributed by atoms with Gasteiger partial charge in [0, 0.05) is 6.54 Å². The number of carboxylic acid groups (broad SMARTS) is 1. The zero-order valence-electron chi connectivity index (χ0n) is 12.5. The number of hydrogen-bond acceptors (Lipinski definition) is 3. The van der Waals surface area contributed by atoms with Crippen LogP contribution in [0.5, 0.6) is 0 Å². The molecule has 21 heavy (non-hydrogen) atoms. The van der Waals surface area contributed by atoms with Gasteiger partial charge in [-0.2, -0.15) is 0 Å². The third kappa shape index (κ3) is 3.97. The molecule has 2 amide bonds. The number of aliphatic carboxylic acids is 1. The molecule has 1 fully saturated rings.